The van der Waals surface area contributed by atoms with Crippen LogP contribution in [0.3, 0.4) is 0 Å². The lowest BCUT2D eigenvalue weighted by molar-refractivity contribution is 0.202. The summed E-state index contributed by atoms with van der Waals surface area (Å²) >= 11 is 1.84. The van der Waals surface area contributed by atoms with E-state index in [0.29, 0.717) is 6.04 Å². The molecule has 3 aliphatic rings. The Bertz CT molecular complexity index is 1040. The maximum atomic E-state index is 4.94. The molecule has 0 spiro atoms. The van der Waals surface area contributed by atoms with Gasteiger partial charge in [-0.25, -0.2) is 4.99 Å². The highest BCUT2D eigenvalue weighted by molar-refractivity contribution is 7.14. The minimum atomic E-state index is 0.606. The van der Waals surface area contributed by atoms with Gasteiger partial charge in [0.15, 0.2) is 0 Å². The number of benzene rings is 1. The van der Waals surface area contributed by atoms with Crippen molar-refractivity contribution in [3.63, 3.8) is 0 Å². The Kier molecular flexibility index (Phi) is 4.31. The molecule has 4 heterocycles. The number of hydrogen-bond acceptors (Lipinski definition) is 6. The molecule has 0 amide bonds. The molecule has 0 unspecified atom stereocenters. The number of nitrogens with zero attached hydrogens (tertiary/aromatic N) is 4. The number of thiophene rings is 1. The van der Waals surface area contributed by atoms with Gasteiger partial charge in [-0.1, -0.05) is 0 Å². The third kappa shape index (κ3) is 3.42. The lowest BCUT2D eigenvalue weighted by atomic mass is 10.0. The summed E-state index contributed by atoms with van der Waals surface area (Å²) in [6.45, 7) is 4.54. The zero-order valence-corrected chi connectivity index (χ0v) is 17.3. The first-order valence-electron chi connectivity index (χ1n) is 10.6. The van der Waals surface area contributed by atoms with Crippen molar-refractivity contribution in [1.29, 1.82) is 0 Å². The number of hydrogen-bond donors (Lipinski definition) is 2. The van der Waals surface area contributed by atoms with E-state index in [4.69, 9.17) is 4.99 Å². The number of nitrogens with one attached hydrogen (secondary N) is 2. The van der Waals surface area contributed by atoms with Crippen LogP contribution >= 0.6 is 11.3 Å². The molecular formula is C22H26N6S. The summed E-state index contributed by atoms with van der Waals surface area (Å²) < 4.78 is 0. The highest BCUT2D eigenvalue weighted by Gasteiger charge is 2.32. The van der Waals surface area contributed by atoms with Crippen molar-refractivity contribution >= 4 is 38.8 Å². The largest absolute Gasteiger partial charge is 0.340 e. The van der Waals surface area contributed by atoms with Crippen LogP contribution in [0.4, 0.5) is 10.7 Å². The minimum absolute atomic E-state index is 0.606. The summed E-state index contributed by atoms with van der Waals surface area (Å²) in [4.78, 5) is 10.2. The van der Waals surface area contributed by atoms with Crippen LogP contribution in [0.25, 0.3) is 10.9 Å². The zero-order chi connectivity index (χ0) is 19.2. The van der Waals surface area contributed by atoms with Gasteiger partial charge in [0.2, 0.25) is 0 Å². The first-order valence-corrected chi connectivity index (χ1v) is 11.5. The molecule has 0 atom stereocenters. The summed E-state index contributed by atoms with van der Waals surface area (Å²) in [5.41, 5.74) is 3.31. The maximum absolute atomic E-state index is 4.94. The Balaban J connectivity index is 1.17. The summed E-state index contributed by atoms with van der Waals surface area (Å²) in [6.07, 6.45) is 7.24. The number of aliphatic imine (C=N–C) groups is 1. The van der Waals surface area contributed by atoms with Crippen molar-refractivity contribution in [3.8, 4) is 0 Å². The molecule has 0 bridgehead atoms. The summed E-state index contributed by atoms with van der Waals surface area (Å²) in [6, 6.07) is 9.08. The lowest BCUT2D eigenvalue weighted by Crippen LogP contribution is -2.47. The minimum Gasteiger partial charge on any atom is -0.340 e. The van der Waals surface area contributed by atoms with E-state index >= 15 is 0 Å². The monoisotopic (exact) mass is 406 g/mol. The fourth-order valence-electron chi connectivity index (χ4n) is 4.62. The first kappa shape index (κ1) is 17.5. The lowest BCUT2D eigenvalue weighted by Gasteiger charge is -2.40. The van der Waals surface area contributed by atoms with Crippen LogP contribution in [0.1, 0.15) is 31.2 Å². The smallest absolute Gasteiger partial charge is 0.137 e. The van der Waals surface area contributed by atoms with E-state index in [-0.39, 0.29) is 0 Å². The van der Waals surface area contributed by atoms with Gasteiger partial charge in [0.1, 0.15) is 17.5 Å². The van der Waals surface area contributed by atoms with E-state index < -0.39 is 0 Å². The normalized spacial score (nSPS) is 20.7. The highest BCUT2D eigenvalue weighted by atomic mass is 32.1. The van der Waals surface area contributed by atoms with E-state index in [1.807, 2.05) is 17.5 Å². The van der Waals surface area contributed by atoms with E-state index in [1.54, 1.807) is 0 Å². The molecule has 2 aliphatic heterocycles. The molecule has 150 valence electrons. The van der Waals surface area contributed by atoms with Crippen molar-refractivity contribution in [3.05, 3.63) is 41.4 Å². The average Bonchev–Trinajstić information content (AvgIpc) is 3.23. The zero-order valence-electron chi connectivity index (χ0n) is 16.5. The van der Waals surface area contributed by atoms with Crippen LogP contribution < -0.4 is 10.2 Å². The molecule has 1 aromatic carbocycles. The number of rotatable bonds is 4. The van der Waals surface area contributed by atoms with Gasteiger partial charge >= 0.3 is 0 Å². The van der Waals surface area contributed by atoms with Crippen molar-refractivity contribution in [1.82, 2.24) is 15.1 Å². The summed E-state index contributed by atoms with van der Waals surface area (Å²) in [7, 11) is 0. The number of fused-ring (bicyclic) bond motifs is 2. The average molecular weight is 407 g/mol. The van der Waals surface area contributed by atoms with Crippen LogP contribution in [0.2, 0.25) is 0 Å². The van der Waals surface area contributed by atoms with E-state index in [2.05, 4.69) is 55.0 Å². The van der Waals surface area contributed by atoms with Gasteiger partial charge in [0, 0.05) is 36.7 Å². The predicted octanol–water partition coefficient (Wildman–Crippen LogP) is 4.14. The van der Waals surface area contributed by atoms with Crippen LogP contribution in [0.15, 0.2) is 40.8 Å². The summed E-state index contributed by atoms with van der Waals surface area (Å²) in [5.74, 6) is 1.96. The second-order valence-electron chi connectivity index (χ2n) is 8.53. The quantitative estimate of drug-likeness (QED) is 0.684. The molecule has 7 heteroatoms. The summed E-state index contributed by atoms with van der Waals surface area (Å²) in [5, 5.41) is 15.4. The molecule has 29 heavy (non-hydrogen) atoms. The Labute approximate surface area is 174 Å². The van der Waals surface area contributed by atoms with Crippen LogP contribution in [0, 0.1) is 5.92 Å². The highest BCUT2D eigenvalue weighted by Crippen LogP contribution is 2.36. The van der Waals surface area contributed by atoms with Crippen molar-refractivity contribution in [2.45, 2.75) is 31.7 Å². The molecule has 1 saturated carbocycles. The Hall–Kier alpha value is -2.38. The van der Waals surface area contributed by atoms with Gasteiger partial charge in [0.05, 0.1) is 17.3 Å². The molecule has 1 saturated heterocycles. The number of H-pyrrole nitrogens is 1. The van der Waals surface area contributed by atoms with E-state index in [1.165, 1.54) is 55.9 Å². The van der Waals surface area contributed by atoms with Gasteiger partial charge < -0.3 is 15.1 Å². The third-order valence-corrected chi connectivity index (χ3v) is 7.41. The Morgan fingerprint density at radius 3 is 2.90 bits per heavy atom. The van der Waals surface area contributed by atoms with Gasteiger partial charge in [-0.3, -0.25) is 5.10 Å². The van der Waals surface area contributed by atoms with Crippen molar-refractivity contribution < 1.29 is 0 Å². The van der Waals surface area contributed by atoms with Gasteiger partial charge in [0.25, 0.3) is 0 Å². The predicted molar refractivity (Wildman–Crippen MR) is 120 cm³/mol. The molecule has 2 N–H and O–H groups in total. The molecule has 2 aromatic heterocycles. The molecule has 0 radical (unpaired) electrons. The van der Waals surface area contributed by atoms with Gasteiger partial charge in [-0.05, 0) is 61.2 Å². The number of aromatic amines is 1. The number of piperidine rings is 1. The Morgan fingerprint density at radius 1 is 1.14 bits per heavy atom. The fraction of sp³-hybridized carbons (Fsp3) is 0.455. The second kappa shape index (κ2) is 7.15. The second-order valence-corrected chi connectivity index (χ2v) is 9.42. The molecule has 2 fully saturated rings. The SMILES string of the molecule is c1cc2c(s1)N(C1CCN(CC3CC3)CC1)CN=C2Nc1ccc2cn[nH]c2c1. The molecule has 6 rings (SSSR count). The van der Waals surface area contributed by atoms with Crippen molar-refractivity contribution in [2.75, 3.05) is 36.5 Å². The third-order valence-electron chi connectivity index (χ3n) is 6.46. The van der Waals surface area contributed by atoms with Crippen LogP contribution in [0.5, 0.6) is 0 Å². The Morgan fingerprint density at radius 2 is 2.03 bits per heavy atom. The topological polar surface area (TPSA) is 59.5 Å². The van der Waals surface area contributed by atoms with Gasteiger partial charge in [-0.15, -0.1) is 11.3 Å². The van der Waals surface area contributed by atoms with E-state index in [0.717, 1.165) is 35.0 Å². The molecule has 6 nitrogen and oxygen atoms in total. The number of amidine groups is 1. The van der Waals surface area contributed by atoms with Crippen LogP contribution in [-0.4, -0.2) is 53.3 Å². The molecule has 1 aliphatic carbocycles. The first-order chi connectivity index (χ1) is 14.3. The van der Waals surface area contributed by atoms with Crippen molar-refractivity contribution in [2.24, 2.45) is 10.9 Å². The van der Waals surface area contributed by atoms with Gasteiger partial charge in [-0.2, -0.15) is 5.10 Å². The fourth-order valence-corrected chi connectivity index (χ4v) is 5.59. The number of likely N-dealkylation sites (tertiary alicyclic amines) is 1. The number of aromatic nitrogens is 2. The van der Waals surface area contributed by atoms with Crippen LogP contribution in [-0.2, 0) is 0 Å². The number of anilines is 2. The molecule has 3 aromatic rings. The molecular weight excluding hydrogens is 380 g/mol. The van der Waals surface area contributed by atoms with E-state index in [9.17, 15) is 0 Å². The standard InChI is InChI=1S/C22H26N6S/c1-2-15(1)13-27-8-5-18(6-9-27)28-14-23-21(19-7-10-29-22(19)28)25-17-4-3-16-12-24-26-20(16)11-17/h3-4,7,10-12,15,18H,1-2,5-6,8-9,13-14H2,(H,23,25)(H,24,26). The maximum Gasteiger partial charge on any atom is 0.137 e.